The number of nitrogens with zero attached hydrogens (tertiary/aromatic N) is 2. The van der Waals surface area contributed by atoms with Crippen molar-refractivity contribution in [2.75, 3.05) is 59.0 Å². The topological polar surface area (TPSA) is 44.8 Å². The number of carbonyl (C=O) groups excluding carboxylic acids is 1. The first-order valence-electron chi connectivity index (χ1n) is 7.58. The zero-order chi connectivity index (χ0) is 13.5. The third-order valence-electron chi connectivity index (χ3n) is 3.89. The minimum Gasteiger partial charge on any atom is -0.380 e. The van der Waals surface area contributed by atoms with Gasteiger partial charge in [-0.15, -0.1) is 0 Å². The molecule has 2 rings (SSSR count). The van der Waals surface area contributed by atoms with Gasteiger partial charge in [0, 0.05) is 39.3 Å². The summed E-state index contributed by atoms with van der Waals surface area (Å²) in [6.45, 7) is 9.77. The number of hydrogen-bond donors (Lipinski definition) is 1. The van der Waals surface area contributed by atoms with Crippen molar-refractivity contribution in [1.82, 2.24) is 15.1 Å². The lowest BCUT2D eigenvalue weighted by Gasteiger charge is -2.34. The molecule has 1 amide bonds. The van der Waals surface area contributed by atoms with Crippen molar-refractivity contribution in [3.8, 4) is 0 Å². The third kappa shape index (κ3) is 5.47. The van der Waals surface area contributed by atoms with Gasteiger partial charge in [0.15, 0.2) is 0 Å². The number of piperazine rings is 1. The highest BCUT2D eigenvalue weighted by Gasteiger charge is 2.23. The highest BCUT2D eigenvalue weighted by molar-refractivity contribution is 5.78. The minimum absolute atomic E-state index is 0.255. The quantitative estimate of drug-likeness (QED) is 0.638. The predicted octanol–water partition coefficient (Wildman–Crippen LogP) is 0.167. The Morgan fingerprint density at radius 3 is 2.63 bits per heavy atom. The molecule has 1 aliphatic carbocycles. The molecule has 1 heterocycles. The second-order valence-electron chi connectivity index (χ2n) is 5.49. The molecule has 19 heavy (non-hydrogen) atoms. The van der Waals surface area contributed by atoms with Crippen LogP contribution in [0.3, 0.4) is 0 Å². The molecule has 1 saturated carbocycles. The lowest BCUT2D eigenvalue weighted by Crippen LogP contribution is -2.51. The molecule has 0 unspecified atom stereocenters. The van der Waals surface area contributed by atoms with E-state index in [1.165, 1.54) is 12.8 Å². The van der Waals surface area contributed by atoms with E-state index in [1.54, 1.807) is 0 Å². The highest BCUT2D eigenvalue weighted by Crippen LogP contribution is 2.27. The number of ether oxygens (including phenoxy) is 1. The van der Waals surface area contributed by atoms with Gasteiger partial charge in [-0.25, -0.2) is 0 Å². The van der Waals surface area contributed by atoms with E-state index in [4.69, 9.17) is 4.74 Å². The van der Waals surface area contributed by atoms with E-state index < -0.39 is 0 Å². The van der Waals surface area contributed by atoms with Crippen molar-refractivity contribution in [3.05, 3.63) is 0 Å². The van der Waals surface area contributed by atoms with Crippen molar-refractivity contribution in [2.45, 2.75) is 19.8 Å². The van der Waals surface area contributed by atoms with Crippen LogP contribution >= 0.6 is 0 Å². The van der Waals surface area contributed by atoms with E-state index in [9.17, 15) is 4.79 Å². The zero-order valence-corrected chi connectivity index (χ0v) is 12.1. The Morgan fingerprint density at radius 1 is 1.26 bits per heavy atom. The molecule has 0 bridgehead atoms. The maximum atomic E-state index is 12.0. The predicted molar refractivity (Wildman–Crippen MR) is 75.1 cm³/mol. The molecule has 2 fully saturated rings. The van der Waals surface area contributed by atoms with E-state index in [2.05, 4.69) is 10.2 Å². The van der Waals surface area contributed by atoms with Crippen molar-refractivity contribution >= 4 is 5.91 Å². The van der Waals surface area contributed by atoms with Crippen LogP contribution in [-0.2, 0) is 9.53 Å². The first-order valence-corrected chi connectivity index (χ1v) is 7.58. The van der Waals surface area contributed by atoms with Gasteiger partial charge < -0.3 is 15.0 Å². The Labute approximate surface area is 116 Å². The Bertz CT molecular complexity index is 274. The Balaban J connectivity index is 1.54. The van der Waals surface area contributed by atoms with Gasteiger partial charge in [0.05, 0.1) is 13.2 Å². The number of rotatable bonds is 8. The summed E-state index contributed by atoms with van der Waals surface area (Å²) >= 11 is 0. The standard InChI is InChI=1S/C14H27N3O2/c1-2-19-10-9-16-5-7-17(8-6-16)14(18)12-15-11-13-3-4-13/h13,15H,2-12H2,1H3. The van der Waals surface area contributed by atoms with Crippen molar-refractivity contribution in [3.63, 3.8) is 0 Å². The average Bonchev–Trinajstić information content (AvgIpc) is 3.24. The SMILES string of the molecule is CCOCCN1CCN(C(=O)CNCC2CC2)CC1. The van der Waals surface area contributed by atoms with Crippen molar-refractivity contribution < 1.29 is 9.53 Å². The van der Waals surface area contributed by atoms with Crippen LogP contribution in [-0.4, -0.2) is 74.7 Å². The number of hydrogen-bond acceptors (Lipinski definition) is 4. The molecule has 2 aliphatic rings. The van der Waals surface area contributed by atoms with Gasteiger partial charge in [-0.3, -0.25) is 9.69 Å². The summed E-state index contributed by atoms with van der Waals surface area (Å²) in [5, 5.41) is 3.27. The number of nitrogens with one attached hydrogen (secondary N) is 1. The van der Waals surface area contributed by atoms with Gasteiger partial charge in [0.1, 0.15) is 0 Å². The molecule has 0 aromatic carbocycles. The van der Waals surface area contributed by atoms with Crippen LogP contribution in [0.1, 0.15) is 19.8 Å². The van der Waals surface area contributed by atoms with Crippen LogP contribution in [0.25, 0.3) is 0 Å². The highest BCUT2D eigenvalue weighted by atomic mass is 16.5. The molecular formula is C14H27N3O2. The van der Waals surface area contributed by atoms with Gasteiger partial charge in [-0.2, -0.15) is 0 Å². The van der Waals surface area contributed by atoms with Crippen LogP contribution in [0.4, 0.5) is 0 Å². The average molecular weight is 269 g/mol. The molecule has 0 radical (unpaired) electrons. The molecule has 0 aromatic rings. The zero-order valence-electron chi connectivity index (χ0n) is 12.1. The first-order chi connectivity index (χ1) is 9.29. The maximum absolute atomic E-state index is 12.0. The Morgan fingerprint density at radius 2 is 2.00 bits per heavy atom. The molecule has 5 heteroatoms. The second kappa shape index (κ2) is 7.82. The second-order valence-corrected chi connectivity index (χ2v) is 5.49. The Hall–Kier alpha value is -0.650. The molecule has 0 spiro atoms. The summed E-state index contributed by atoms with van der Waals surface area (Å²) in [5.41, 5.74) is 0. The lowest BCUT2D eigenvalue weighted by atomic mass is 10.3. The summed E-state index contributed by atoms with van der Waals surface area (Å²) in [6, 6.07) is 0. The van der Waals surface area contributed by atoms with E-state index in [0.29, 0.717) is 6.54 Å². The summed E-state index contributed by atoms with van der Waals surface area (Å²) in [5.74, 6) is 1.09. The Kier molecular flexibility index (Phi) is 6.07. The molecule has 110 valence electrons. The first kappa shape index (κ1) is 14.8. The van der Waals surface area contributed by atoms with Gasteiger partial charge in [0.2, 0.25) is 5.91 Å². The fourth-order valence-corrected chi connectivity index (χ4v) is 2.38. The molecule has 1 N–H and O–H groups in total. The van der Waals surface area contributed by atoms with Crippen LogP contribution in [0.15, 0.2) is 0 Å². The van der Waals surface area contributed by atoms with E-state index in [-0.39, 0.29) is 5.91 Å². The van der Waals surface area contributed by atoms with Crippen LogP contribution in [0.2, 0.25) is 0 Å². The smallest absolute Gasteiger partial charge is 0.236 e. The minimum atomic E-state index is 0.255. The fraction of sp³-hybridized carbons (Fsp3) is 0.929. The molecule has 1 aliphatic heterocycles. The van der Waals surface area contributed by atoms with Crippen molar-refractivity contribution in [1.29, 1.82) is 0 Å². The van der Waals surface area contributed by atoms with Gasteiger partial charge in [-0.1, -0.05) is 0 Å². The molecule has 5 nitrogen and oxygen atoms in total. The normalized spacial score (nSPS) is 20.8. The largest absolute Gasteiger partial charge is 0.380 e. The molecule has 0 atom stereocenters. The van der Waals surface area contributed by atoms with Gasteiger partial charge in [-0.05, 0) is 32.2 Å². The lowest BCUT2D eigenvalue weighted by molar-refractivity contribution is -0.132. The number of carbonyl (C=O) groups is 1. The van der Waals surface area contributed by atoms with Gasteiger partial charge >= 0.3 is 0 Å². The number of amides is 1. The van der Waals surface area contributed by atoms with E-state index in [1.807, 2.05) is 11.8 Å². The summed E-state index contributed by atoms with van der Waals surface area (Å²) in [7, 11) is 0. The summed E-state index contributed by atoms with van der Waals surface area (Å²) in [6.07, 6.45) is 2.67. The molecular weight excluding hydrogens is 242 g/mol. The van der Waals surface area contributed by atoms with Crippen LogP contribution in [0, 0.1) is 5.92 Å². The molecule has 0 aromatic heterocycles. The maximum Gasteiger partial charge on any atom is 0.236 e. The van der Waals surface area contributed by atoms with Crippen molar-refractivity contribution in [2.24, 2.45) is 5.92 Å². The monoisotopic (exact) mass is 269 g/mol. The van der Waals surface area contributed by atoms with E-state index >= 15 is 0 Å². The summed E-state index contributed by atoms with van der Waals surface area (Å²) in [4.78, 5) is 16.3. The third-order valence-corrected chi connectivity index (χ3v) is 3.89. The molecule has 1 saturated heterocycles. The van der Waals surface area contributed by atoms with Crippen LogP contribution < -0.4 is 5.32 Å². The fourth-order valence-electron chi connectivity index (χ4n) is 2.38. The van der Waals surface area contributed by atoms with Crippen LogP contribution in [0.5, 0.6) is 0 Å². The summed E-state index contributed by atoms with van der Waals surface area (Å²) < 4.78 is 5.36. The van der Waals surface area contributed by atoms with Gasteiger partial charge in [0.25, 0.3) is 0 Å². The van der Waals surface area contributed by atoms with E-state index in [0.717, 1.165) is 58.4 Å².